The van der Waals surface area contributed by atoms with Crippen LogP contribution in [0.15, 0.2) is 47.1 Å². The highest BCUT2D eigenvalue weighted by molar-refractivity contribution is 7.94. The Kier molecular flexibility index (Phi) is 4.29. The monoisotopic (exact) mass is 388 g/mol. The van der Waals surface area contributed by atoms with E-state index in [0.29, 0.717) is 38.2 Å². The summed E-state index contributed by atoms with van der Waals surface area (Å²) >= 11 is 0. The summed E-state index contributed by atoms with van der Waals surface area (Å²) in [5.41, 5.74) is 1.66. The lowest BCUT2D eigenvalue weighted by molar-refractivity contribution is 0.0668. The van der Waals surface area contributed by atoms with Crippen LogP contribution in [0.2, 0.25) is 0 Å². The predicted molar refractivity (Wildman–Crippen MR) is 103 cm³/mol. The summed E-state index contributed by atoms with van der Waals surface area (Å²) in [7, 11) is -3.54. The number of amides is 1. The van der Waals surface area contributed by atoms with Crippen molar-refractivity contribution in [2.45, 2.75) is 31.4 Å². The van der Waals surface area contributed by atoms with Gasteiger partial charge in [0, 0.05) is 19.6 Å². The highest BCUT2D eigenvalue weighted by Gasteiger charge is 2.57. The van der Waals surface area contributed by atoms with Gasteiger partial charge in [0.2, 0.25) is 10.0 Å². The lowest BCUT2D eigenvalue weighted by Crippen LogP contribution is -2.50. The Bertz CT molecular complexity index is 942. The van der Waals surface area contributed by atoms with Crippen LogP contribution < -0.4 is 4.31 Å². The Morgan fingerprint density at radius 2 is 1.85 bits per heavy atom. The molecule has 0 aliphatic carbocycles. The Morgan fingerprint density at radius 1 is 1.15 bits per heavy atom. The highest BCUT2D eigenvalue weighted by Crippen LogP contribution is 2.52. The Morgan fingerprint density at radius 3 is 2.48 bits per heavy atom. The molecule has 6 nitrogen and oxygen atoms in total. The largest absolute Gasteiger partial charge is 0.459 e. The molecular weight excluding hydrogens is 364 g/mol. The molecule has 0 unspecified atom stereocenters. The molecule has 2 aromatic rings. The first-order valence-electron chi connectivity index (χ1n) is 9.31. The third-order valence-electron chi connectivity index (χ3n) is 5.57. The first-order chi connectivity index (χ1) is 12.9. The summed E-state index contributed by atoms with van der Waals surface area (Å²) in [6.45, 7) is 5.29. The summed E-state index contributed by atoms with van der Waals surface area (Å²) in [5.74, 6) is 0.336. The predicted octanol–water partition coefficient (Wildman–Crippen LogP) is 3.22. The third-order valence-corrected chi connectivity index (χ3v) is 8.11. The van der Waals surface area contributed by atoms with Gasteiger partial charge in [0.25, 0.3) is 5.91 Å². The van der Waals surface area contributed by atoms with Gasteiger partial charge in [0.1, 0.15) is 4.75 Å². The molecule has 1 aromatic carbocycles. The topological polar surface area (TPSA) is 70.8 Å². The van der Waals surface area contributed by atoms with E-state index >= 15 is 0 Å². The maximum Gasteiger partial charge on any atom is 0.289 e. The Hall–Kier alpha value is -2.28. The van der Waals surface area contributed by atoms with Crippen LogP contribution in [0.25, 0.3) is 0 Å². The van der Waals surface area contributed by atoms with Gasteiger partial charge in [-0.05, 0) is 42.5 Å². The fourth-order valence-electron chi connectivity index (χ4n) is 4.24. The lowest BCUT2D eigenvalue weighted by Gasteiger charge is -2.38. The standard InChI is InChI=1S/C20H24N2O4S/c1-15(2)14-22-17-7-4-3-6-16(17)20(27(22,24)25)9-11-21(12-10-20)19(23)18-8-5-13-26-18/h3-8,13,15H,9-12,14H2,1-2H3. The zero-order valence-corrected chi connectivity index (χ0v) is 16.4. The van der Waals surface area contributed by atoms with Gasteiger partial charge >= 0.3 is 0 Å². The van der Waals surface area contributed by atoms with Crippen LogP contribution in [0.4, 0.5) is 5.69 Å². The van der Waals surface area contributed by atoms with Gasteiger partial charge in [-0.1, -0.05) is 32.0 Å². The fourth-order valence-corrected chi connectivity index (χ4v) is 6.72. The number of likely N-dealkylation sites (tertiary alicyclic amines) is 1. The van der Waals surface area contributed by atoms with Crippen molar-refractivity contribution >= 4 is 21.6 Å². The molecule has 144 valence electrons. The molecular formula is C20H24N2O4S. The van der Waals surface area contributed by atoms with Crippen molar-refractivity contribution in [2.75, 3.05) is 23.9 Å². The molecule has 3 heterocycles. The summed E-state index contributed by atoms with van der Waals surface area (Å²) in [5, 5.41) is 0. The number of furan rings is 1. The van der Waals surface area contributed by atoms with E-state index in [4.69, 9.17) is 4.42 Å². The SMILES string of the molecule is CC(C)CN1c2ccccc2C2(CCN(C(=O)c3ccco3)CC2)S1(=O)=O. The molecule has 0 bridgehead atoms. The van der Waals surface area contributed by atoms with Crippen LogP contribution in [0, 0.1) is 5.92 Å². The van der Waals surface area contributed by atoms with Crippen molar-refractivity contribution in [1.29, 1.82) is 0 Å². The van der Waals surface area contributed by atoms with Gasteiger partial charge in [0.15, 0.2) is 5.76 Å². The minimum Gasteiger partial charge on any atom is -0.459 e. The van der Waals surface area contributed by atoms with Crippen molar-refractivity contribution in [1.82, 2.24) is 4.90 Å². The van der Waals surface area contributed by atoms with E-state index in [2.05, 4.69) is 0 Å². The normalized spacial score (nSPS) is 20.3. The molecule has 1 amide bonds. The number of nitrogens with zero attached hydrogens (tertiary/aromatic N) is 2. The zero-order valence-electron chi connectivity index (χ0n) is 15.6. The minimum absolute atomic E-state index is 0.183. The van der Waals surface area contributed by atoms with Gasteiger partial charge < -0.3 is 9.32 Å². The van der Waals surface area contributed by atoms with Gasteiger partial charge in [-0.15, -0.1) is 0 Å². The fraction of sp³-hybridized carbons (Fsp3) is 0.450. The Labute approximate surface area is 159 Å². The molecule has 4 rings (SSSR count). The van der Waals surface area contributed by atoms with Crippen LogP contribution in [0.5, 0.6) is 0 Å². The van der Waals surface area contributed by atoms with Crippen molar-refractivity contribution in [3.05, 3.63) is 54.0 Å². The summed E-state index contributed by atoms with van der Waals surface area (Å²) in [4.78, 5) is 14.2. The molecule has 27 heavy (non-hydrogen) atoms. The van der Waals surface area contributed by atoms with E-state index < -0.39 is 14.8 Å². The maximum atomic E-state index is 13.6. The number of hydrogen-bond acceptors (Lipinski definition) is 4. The molecule has 0 radical (unpaired) electrons. The first kappa shape index (κ1) is 18.1. The van der Waals surface area contributed by atoms with E-state index in [-0.39, 0.29) is 11.8 Å². The number of hydrogen-bond donors (Lipinski definition) is 0. The second-order valence-corrected chi connectivity index (χ2v) is 9.88. The second kappa shape index (κ2) is 6.41. The van der Waals surface area contributed by atoms with E-state index in [9.17, 15) is 13.2 Å². The average molecular weight is 388 g/mol. The number of carbonyl (C=O) groups is 1. The first-order valence-corrected chi connectivity index (χ1v) is 10.8. The zero-order chi connectivity index (χ0) is 19.2. The van der Waals surface area contributed by atoms with Gasteiger partial charge in [-0.3, -0.25) is 9.10 Å². The van der Waals surface area contributed by atoms with E-state index in [1.54, 1.807) is 21.3 Å². The summed E-state index contributed by atoms with van der Waals surface area (Å²) in [6.07, 6.45) is 2.26. The lowest BCUT2D eigenvalue weighted by atomic mass is 9.87. The molecule has 7 heteroatoms. The van der Waals surface area contributed by atoms with Crippen molar-refractivity contribution in [3.8, 4) is 0 Å². The third kappa shape index (κ3) is 2.67. The molecule has 0 saturated carbocycles. The molecule has 1 spiro atoms. The number of fused-ring (bicyclic) bond motifs is 2. The number of anilines is 1. The number of benzene rings is 1. The molecule has 1 aromatic heterocycles. The van der Waals surface area contributed by atoms with E-state index in [0.717, 1.165) is 11.3 Å². The van der Waals surface area contributed by atoms with Crippen LogP contribution in [-0.4, -0.2) is 38.9 Å². The van der Waals surface area contributed by atoms with Crippen LogP contribution in [0.1, 0.15) is 42.8 Å². The molecule has 1 fully saturated rings. The van der Waals surface area contributed by atoms with Gasteiger partial charge in [-0.2, -0.15) is 0 Å². The van der Waals surface area contributed by atoms with Crippen molar-refractivity contribution < 1.29 is 17.6 Å². The molecule has 2 aliphatic heterocycles. The summed E-state index contributed by atoms with van der Waals surface area (Å²) < 4.78 is 33.0. The van der Waals surface area contributed by atoms with Crippen molar-refractivity contribution in [2.24, 2.45) is 5.92 Å². The van der Waals surface area contributed by atoms with E-state index in [1.165, 1.54) is 6.26 Å². The molecule has 1 saturated heterocycles. The molecule has 0 atom stereocenters. The summed E-state index contributed by atoms with van der Waals surface area (Å²) in [6, 6.07) is 10.9. The highest BCUT2D eigenvalue weighted by atomic mass is 32.2. The minimum atomic E-state index is -3.54. The quantitative estimate of drug-likeness (QED) is 0.809. The number of rotatable bonds is 3. The Balaban J connectivity index is 1.66. The van der Waals surface area contributed by atoms with Crippen LogP contribution >= 0.6 is 0 Å². The number of carbonyl (C=O) groups excluding carboxylic acids is 1. The van der Waals surface area contributed by atoms with Gasteiger partial charge in [0.05, 0.1) is 12.0 Å². The van der Waals surface area contributed by atoms with E-state index in [1.807, 2.05) is 38.1 Å². The second-order valence-electron chi connectivity index (χ2n) is 7.71. The van der Waals surface area contributed by atoms with Crippen molar-refractivity contribution in [3.63, 3.8) is 0 Å². The smallest absolute Gasteiger partial charge is 0.289 e. The van der Waals surface area contributed by atoms with Gasteiger partial charge in [-0.25, -0.2) is 8.42 Å². The number of sulfonamides is 1. The van der Waals surface area contributed by atoms with Crippen LogP contribution in [-0.2, 0) is 14.8 Å². The number of piperidine rings is 1. The molecule has 0 N–H and O–H groups in total. The molecule has 2 aliphatic rings. The average Bonchev–Trinajstić information content (AvgIpc) is 3.24. The van der Waals surface area contributed by atoms with Crippen LogP contribution in [0.3, 0.4) is 0 Å². The number of para-hydroxylation sites is 1. The maximum absolute atomic E-state index is 13.6.